The Morgan fingerprint density at radius 2 is 1.84 bits per heavy atom. The second-order valence-corrected chi connectivity index (χ2v) is 7.72. The van der Waals surface area contributed by atoms with E-state index in [1.165, 1.54) is 17.7 Å². The van der Waals surface area contributed by atoms with Gasteiger partial charge in [-0.1, -0.05) is 44.5 Å². The third-order valence-corrected chi connectivity index (χ3v) is 7.00. The van der Waals surface area contributed by atoms with Crippen LogP contribution in [-0.2, 0) is 6.42 Å². The molecule has 0 aliphatic carbocycles. The molecule has 2 rings (SSSR count). The second-order valence-electron chi connectivity index (χ2n) is 5.09. The maximum absolute atomic E-state index is 10.6. The molecule has 0 spiro atoms. The van der Waals surface area contributed by atoms with Gasteiger partial charge in [0.1, 0.15) is 0 Å². The lowest BCUT2D eigenvalue weighted by molar-refractivity contribution is 0.172. The molecule has 1 fully saturated rings. The minimum absolute atomic E-state index is 0.321. The van der Waals surface area contributed by atoms with Gasteiger partial charge in [0.2, 0.25) is 0 Å². The van der Waals surface area contributed by atoms with Crippen molar-refractivity contribution in [2.24, 2.45) is 0 Å². The predicted molar refractivity (Wildman–Crippen MR) is 88.2 cm³/mol. The average molecular weight is 297 g/mol. The summed E-state index contributed by atoms with van der Waals surface area (Å²) in [5.74, 6) is 2.39. The molecular weight excluding hydrogens is 272 g/mol. The molecule has 1 N–H and O–H groups in total. The van der Waals surface area contributed by atoms with Crippen LogP contribution < -0.4 is 0 Å². The van der Waals surface area contributed by atoms with Crippen LogP contribution >= 0.6 is 23.5 Å². The van der Waals surface area contributed by atoms with Crippen LogP contribution in [0.25, 0.3) is 0 Å². The van der Waals surface area contributed by atoms with Gasteiger partial charge in [-0.05, 0) is 24.0 Å². The van der Waals surface area contributed by atoms with E-state index in [1.807, 2.05) is 23.5 Å². The average Bonchev–Trinajstić information content (AvgIpc) is 2.47. The van der Waals surface area contributed by atoms with Crippen LogP contribution in [0.5, 0.6) is 0 Å². The standard InChI is InChI=1S/C16H24OS2/c1-3-5-12-6-8-13(9-7-12)15(17)16-14(4-2)18-10-11-19-16/h6-9,14-17H,3-5,10-11H2,1-2H3. The molecule has 3 atom stereocenters. The molecule has 0 amide bonds. The first-order valence-electron chi connectivity index (χ1n) is 7.26. The minimum Gasteiger partial charge on any atom is -0.387 e. The van der Waals surface area contributed by atoms with E-state index >= 15 is 0 Å². The minimum atomic E-state index is -0.321. The first kappa shape index (κ1) is 15.3. The summed E-state index contributed by atoms with van der Waals surface area (Å²) in [5.41, 5.74) is 2.45. The van der Waals surface area contributed by atoms with Gasteiger partial charge in [-0.25, -0.2) is 0 Å². The van der Waals surface area contributed by atoms with Crippen LogP contribution in [0.3, 0.4) is 0 Å². The summed E-state index contributed by atoms with van der Waals surface area (Å²) in [6.45, 7) is 4.43. The first-order valence-corrected chi connectivity index (χ1v) is 9.36. The number of benzene rings is 1. The SMILES string of the molecule is CCCc1ccc(C(O)C2SCCSC2CC)cc1. The van der Waals surface area contributed by atoms with Crippen molar-refractivity contribution >= 4 is 23.5 Å². The molecule has 1 saturated heterocycles. The van der Waals surface area contributed by atoms with Crippen molar-refractivity contribution in [1.29, 1.82) is 0 Å². The van der Waals surface area contributed by atoms with Gasteiger partial charge in [0.25, 0.3) is 0 Å². The van der Waals surface area contributed by atoms with Crippen LogP contribution in [0, 0.1) is 0 Å². The summed E-state index contributed by atoms with van der Waals surface area (Å²) in [6, 6.07) is 8.57. The van der Waals surface area contributed by atoms with Crippen molar-refractivity contribution in [2.45, 2.75) is 49.7 Å². The van der Waals surface area contributed by atoms with Gasteiger partial charge in [-0.2, -0.15) is 23.5 Å². The van der Waals surface area contributed by atoms with Crippen molar-refractivity contribution in [3.05, 3.63) is 35.4 Å². The maximum atomic E-state index is 10.6. The molecule has 106 valence electrons. The van der Waals surface area contributed by atoms with E-state index in [0.717, 1.165) is 24.2 Å². The largest absolute Gasteiger partial charge is 0.387 e. The van der Waals surface area contributed by atoms with Crippen molar-refractivity contribution in [1.82, 2.24) is 0 Å². The van der Waals surface area contributed by atoms with Crippen LogP contribution in [0.15, 0.2) is 24.3 Å². The van der Waals surface area contributed by atoms with Gasteiger partial charge >= 0.3 is 0 Å². The summed E-state index contributed by atoms with van der Waals surface area (Å²) >= 11 is 3.97. The van der Waals surface area contributed by atoms with Gasteiger partial charge in [0, 0.05) is 22.0 Å². The molecule has 0 radical (unpaired) electrons. The number of aryl methyl sites for hydroxylation is 1. The van der Waals surface area contributed by atoms with E-state index in [2.05, 4.69) is 38.1 Å². The Morgan fingerprint density at radius 3 is 2.47 bits per heavy atom. The highest BCUT2D eigenvalue weighted by atomic mass is 32.2. The monoisotopic (exact) mass is 296 g/mol. The molecule has 0 aromatic heterocycles. The van der Waals surface area contributed by atoms with E-state index in [-0.39, 0.29) is 6.10 Å². The molecule has 1 aliphatic heterocycles. The second kappa shape index (κ2) is 7.61. The van der Waals surface area contributed by atoms with Gasteiger partial charge in [0.05, 0.1) is 6.10 Å². The summed E-state index contributed by atoms with van der Waals surface area (Å²) in [4.78, 5) is 0. The number of thioether (sulfide) groups is 2. The van der Waals surface area contributed by atoms with E-state index < -0.39 is 0 Å². The van der Waals surface area contributed by atoms with E-state index in [1.54, 1.807) is 0 Å². The van der Waals surface area contributed by atoms with E-state index in [0.29, 0.717) is 10.5 Å². The molecule has 1 aromatic carbocycles. The number of aliphatic hydroxyl groups excluding tert-OH is 1. The molecule has 3 unspecified atom stereocenters. The highest BCUT2D eigenvalue weighted by Crippen LogP contribution is 2.40. The molecular formula is C16H24OS2. The molecule has 0 bridgehead atoms. The summed E-state index contributed by atoms with van der Waals surface area (Å²) in [5, 5.41) is 11.6. The first-order chi connectivity index (χ1) is 9.26. The quantitative estimate of drug-likeness (QED) is 0.875. The van der Waals surface area contributed by atoms with Crippen molar-refractivity contribution < 1.29 is 5.11 Å². The smallest absolute Gasteiger partial charge is 0.0919 e. The Bertz CT molecular complexity index is 377. The molecule has 0 saturated carbocycles. The maximum Gasteiger partial charge on any atom is 0.0919 e. The Hall–Kier alpha value is -0.120. The topological polar surface area (TPSA) is 20.2 Å². The normalized spacial score (nSPS) is 25.2. The van der Waals surface area contributed by atoms with Crippen molar-refractivity contribution in [3.8, 4) is 0 Å². The Kier molecular flexibility index (Phi) is 6.11. The van der Waals surface area contributed by atoms with Gasteiger partial charge in [-0.15, -0.1) is 0 Å². The zero-order valence-electron chi connectivity index (χ0n) is 11.8. The Balaban J connectivity index is 2.06. The number of hydrogen-bond donors (Lipinski definition) is 1. The van der Waals surface area contributed by atoms with Crippen LogP contribution in [0.1, 0.15) is 43.9 Å². The summed E-state index contributed by atoms with van der Waals surface area (Å²) < 4.78 is 0. The van der Waals surface area contributed by atoms with Gasteiger partial charge in [-0.3, -0.25) is 0 Å². The van der Waals surface area contributed by atoms with Crippen LogP contribution in [0.4, 0.5) is 0 Å². The Labute approximate surface area is 125 Å². The lowest BCUT2D eigenvalue weighted by atomic mass is 10.0. The van der Waals surface area contributed by atoms with Gasteiger partial charge in [0.15, 0.2) is 0 Å². The molecule has 3 heteroatoms. The summed E-state index contributed by atoms with van der Waals surface area (Å²) in [6.07, 6.45) is 3.13. The van der Waals surface area contributed by atoms with E-state index in [9.17, 15) is 5.11 Å². The third-order valence-electron chi connectivity index (χ3n) is 3.67. The molecule has 1 heterocycles. The number of hydrogen-bond acceptors (Lipinski definition) is 3. The Morgan fingerprint density at radius 1 is 1.16 bits per heavy atom. The number of aliphatic hydroxyl groups is 1. The van der Waals surface area contributed by atoms with E-state index in [4.69, 9.17) is 0 Å². The highest BCUT2D eigenvalue weighted by Gasteiger charge is 2.31. The highest BCUT2D eigenvalue weighted by molar-refractivity contribution is 8.07. The number of rotatable bonds is 5. The molecule has 1 aromatic rings. The lowest BCUT2D eigenvalue weighted by Crippen LogP contribution is -2.31. The molecule has 1 aliphatic rings. The third kappa shape index (κ3) is 3.93. The molecule has 1 nitrogen and oxygen atoms in total. The fraction of sp³-hybridized carbons (Fsp3) is 0.625. The fourth-order valence-electron chi connectivity index (χ4n) is 2.59. The zero-order valence-corrected chi connectivity index (χ0v) is 13.5. The van der Waals surface area contributed by atoms with Crippen molar-refractivity contribution in [2.75, 3.05) is 11.5 Å². The lowest BCUT2D eigenvalue weighted by Gasteiger charge is -2.33. The fourth-order valence-corrected chi connectivity index (χ4v) is 5.73. The van der Waals surface area contributed by atoms with Crippen LogP contribution in [-0.4, -0.2) is 27.1 Å². The van der Waals surface area contributed by atoms with Crippen LogP contribution in [0.2, 0.25) is 0 Å². The summed E-state index contributed by atoms with van der Waals surface area (Å²) in [7, 11) is 0. The van der Waals surface area contributed by atoms with Gasteiger partial charge < -0.3 is 5.11 Å². The molecule has 19 heavy (non-hydrogen) atoms. The predicted octanol–water partition coefficient (Wildman–Crippen LogP) is 4.30. The zero-order chi connectivity index (χ0) is 13.7. The van der Waals surface area contributed by atoms with Crippen molar-refractivity contribution in [3.63, 3.8) is 0 Å².